The van der Waals surface area contributed by atoms with E-state index in [4.69, 9.17) is 0 Å². The molecule has 0 aliphatic carbocycles. The maximum Gasteiger partial charge on any atom is 0.417 e. The Balaban J connectivity index is 1.58. The Morgan fingerprint density at radius 2 is 0.962 bits per heavy atom. The molecular formula is C41H19F6N5. The van der Waals surface area contributed by atoms with E-state index in [1.165, 1.54) is 12.1 Å². The lowest BCUT2D eigenvalue weighted by Crippen LogP contribution is -2.13. The lowest BCUT2D eigenvalue weighted by molar-refractivity contribution is -0.142. The van der Waals surface area contributed by atoms with Crippen molar-refractivity contribution in [1.29, 1.82) is 15.8 Å². The van der Waals surface area contributed by atoms with Crippen LogP contribution in [-0.4, -0.2) is 9.13 Å². The van der Waals surface area contributed by atoms with Crippen LogP contribution in [0.1, 0.15) is 27.8 Å². The van der Waals surface area contributed by atoms with Gasteiger partial charge in [-0.2, -0.15) is 42.1 Å². The predicted molar refractivity (Wildman–Crippen MR) is 185 cm³/mol. The van der Waals surface area contributed by atoms with Crippen LogP contribution < -0.4 is 0 Å². The van der Waals surface area contributed by atoms with Crippen LogP contribution in [0.5, 0.6) is 0 Å². The molecule has 8 aromatic rings. The smallest absolute Gasteiger partial charge is 0.309 e. The second kappa shape index (κ2) is 11.5. The van der Waals surface area contributed by atoms with Crippen LogP contribution in [0.3, 0.4) is 0 Å². The molecule has 5 nitrogen and oxygen atoms in total. The molecule has 52 heavy (non-hydrogen) atoms. The summed E-state index contributed by atoms with van der Waals surface area (Å²) in [6, 6.07) is 34.8. The zero-order valence-electron chi connectivity index (χ0n) is 26.5. The molecule has 250 valence electrons. The first-order valence-electron chi connectivity index (χ1n) is 15.7. The first kappa shape index (κ1) is 32.2. The second-order valence-electron chi connectivity index (χ2n) is 12.1. The van der Waals surface area contributed by atoms with Crippen LogP contribution in [0.4, 0.5) is 26.3 Å². The molecule has 11 heteroatoms. The zero-order chi connectivity index (χ0) is 36.5. The summed E-state index contributed by atoms with van der Waals surface area (Å²) < 4.78 is 89.6. The summed E-state index contributed by atoms with van der Waals surface area (Å²) in [7, 11) is 0. The molecule has 0 fully saturated rings. The minimum absolute atomic E-state index is 0.0339. The van der Waals surface area contributed by atoms with Crippen molar-refractivity contribution in [3.8, 4) is 40.7 Å². The molecule has 0 aliphatic rings. The van der Waals surface area contributed by atoms with Crippen molar-refractivity contribution in [3.63, 3.8) is 0 Å². The van der Waals surface area contributed by atoms with Crippen molar-refractivity contribution in [2.24, 2.45) is 0 Å². The number of alkyl halides is 6. The van der Waals surface area contributed by atoms with Crippen LogP contribution in [0.15, 0.2) is 115 Å². The van der Waals surface area contributed by atoms with Crippen molar-refractivity contribution in [3.05, 3.63) is 143 Å². The van der Waals surface area contributed by atoms with Gasteiger partial charge in [-0.3, -0.25) is 0 Å². The number of nitriles is 3. The normalized spacial score (nSPS) is 12.0. The Labute approximate surface area is 290 Å². The van der Waals surface area contributed by atoms with E-state index >= 15 is 0 Å². The minimum Gasteiger partial charge on any atom is -0.309 e. The molecular weight excluding hydrogens is 676 g/mol. The zero-order valence-corrected chi connectivity index (χ0v) is 26.5. The molecule has 6 aromatic carbocycles. The van der Waals surface area contributed by atoms with Crippen molar-refractivity contribution in [2.75, 3.05) is 0 Å². The fraction of sp³-hybridized carbons (Fsp3) is 0.0488. The fourth-order valence-electron chi connectivity index (χ4n) is 7.04. The fourth-order valence-corrected chi connectivity index (χ4v) is 7.04. The summed E-state index contributed by atoms with van der Waals surface area (Å²) in [6.45, 7) is 0. The van der Waals surface area contributed by atoms with E-state index in [0.29, 0.717) is 49.9 Å². The van der Waals surface area contributed by atoms with Crippen molar-refractivity contribution >= 4 is 43.6 Å². The maximum absolute atomic E-state index is 14.9. The minimum atomic E-state index is -5.22. The number of hydrogen-bond acceptors (Lipinski definition) is 3. The van der Waals surface area contributed by atoms with Gasteiger partial charge in [0, 0.05) is 27.1 Å². The molecule has 0 bridgehead atoms. The third kappa shape index (κ3) is 4.93. The summed E-state index contributed by atoms with van der Waals surface area (Å²) in [6.07, 6.45) is -10.3. The average molecular weight is 696 g/mol. The number of benzene rings is 6. The summed E-state index contributed by atoms with van der Waals surface area (Å²) in [5.41, 5.74) is -0.804. The lowest BCUT2D eigenvalue weighted by atomic mass is 9.93. The highest BCUT2D eigenvalue weighted by atomic mass is 19.4. The monoisotopic (exact) mass is 695 g/mol. The molecule has 0 unspecified atom stereocenters. The Morgan fingerprint density at radius 3 is 1.46 bits per heavy atom. The van der Waals surface area contributed by atoms with Crippen molar-refractivity contribution in [2.45, 2.75) is 12.4 Å². The van der Waals surface area contributed by atoms with Gasteiger partial charge in [-0.1, -0.05) is 54.6 Å². The summed E-state index contributed by atoms with van der Waals surface area (Å²) >= 11 is 0. The summed E-state index contributed by atoms with van der Waals surface area (Å²) in [5.74, 6) is 0. The molecule has 0 amide bonds. The number of rotatable bonds is 3. The van der Waals surface area contributed by atoms with E-state index < -0.39 is 29.0 Å². The molecule has 0 saturated heterocycles. The molecule has 8 rings (SSSR count). The van der Waals surface area contributed by atoms with Gasteiger partial charge in [0.05, 0.1) is 73.4 Å². The van der Waals surface area contributed by atoms with Gasteiger partial charge in [0.1, 0.15) is 6.07 Å². The Morgan fingerprint density at radius 1 is 0.442 bits per heavy atom. The number of nitrogens with zero attached hydrogens (tertiary/aromatic N) is 5. The van der Waals surface area contributed by atoms with E-state index in [9.17, 15) is 42.1 Å². The second-order valence-corrected chi connectivity index (χ2v) is 12.1. The average Bonchev–Trinajstić information content (AvgIpc) is 3.65. The highest BCUT2D eigenvalue weighted by molar-refractivity contribution is 6.11. The van der Waals surface area contributed by atoms with E-state index in [0.717, 1.165) is 11.5 Å². The summed E-state index contributed by atoms with van der Waals surface area (Å²) in [5, 5.41) is 33.0. The topological polar surface area (TPSA) is 81.2 Å². The Bertz CT molecular complexity index is 2930. The van der Waals surface area contributed by atoms with Gasteiger partial charge in [-0.15, -0.1) is 0 Å². The van der Waals surface area contributed by atoms with Crippen LogP contribution in [0.25, 0.3) is 66.1 Å². The van der Waals surface area contributed by atoms with Gasteiger partial charge in [-0.25, -0.2) is 0 Å². The predicted octanol–water partition coefficient (Wildman–Crippen LogP) is 11.2. The standard InChI is InChI=1S/C41H19F6N5/c42-40(43,44)26-11-14-27(33(18-26)41(45,46)47)32-19-36(51-34-7-3-1-5-28(34)30-12-9-23(20-48)15-37(30)51)25(22-50)17-39(32)52-35-8-4-2-6-29(35)31-13-10-24(21-49)16-38(31)52/h1-19H. The van der Waals surface area contributed by atoms with Crippen LogP contribution >= 0.6 is 0 Å². The number of para-hydroxylation sites is 2. The number of fused-ring (bicyclic) bond motifs is 6. The largest absolute Gasteiger partial charge is 0.417 e. The Kier molecular flexibility index (Phi) is 7.13. The van der Waals surface area contributed by atoms with Crippen LogP contribution in [0.2, 0.25) is 0 Å². The first-order chi connectivity index (χ1) is 24.9. The van der Waals surface area contributed by atoms with Gasteiger partial charge >= 0.3 is 12.4 Å². The molecule has 2 aromatic heterocycles. The van der Waals surface area contributed by atoms with E-state index in [1.54, 1.807) is 81.9 Å². The molecule has 0 saturated carbocycles. The molecule has 0 radical (unpaired) electrons. The first-order valence-corrected chi connectivity index (χ1v) is 15.7. The van der Waals surface area contributed by atoms with Gasteiger partial charge in [0.2, 0.25) is 0 Å². The van der Waals surface area contributed by atoms with Crippen molar-refractivity contribution in [1.82, 2.24) is 9.13 Å². The SMILES string of the molecule is N#Cc1ccc2c3ccccc3n(-c3cc(-c4ccc(C(F)(F)F)cc4C(F)(F)F)c(-n4c5ccccc5c5ccc(C#N)cc54)cc3C#N)c2c1. The number of halogens is 6. The van der Waals surface area contributed by atoms with Gasteiger partial charge < -0.3 is 9.13 Å². The maximum atomic E-state index is 14.9. The molecule has 0 N–H and O–H groups in total. The molecule has 2 heterocycles. The van der Waals surface area contributed by atoms with Crippen molar-refractivity contribution < 1.29 is 26.3 Å². The van der Waals surface area contributed by atoms with Gasteiger partial charge in [0.15, 0.2) is 0 Å². The highest BCUT2D eigenvalue weighted by Gasteiger charge is 2.39. The molecule has 0 atom stereocenters. The summed E-state index contributed by atoms with van der Waals surface area (Å²) in [4.78, 5) is 0. The third-order valence-electron chi connectivity index (χ3n) is 9.26. The van der Waals surface area contributed by atoms with Gasteiger partial charge in [0.25, 0.3) is 0 Å². The van der Waals surface area contributed by atoms with E-state index in [2.05, 4.69) is 18.2 Å². The number of hydrogen-bond donors (Lipinski definition) is 0. The van der Waals surface area contributed by atoms with Gasteiger partial charge in [-0.05, 0) is 66.2 Å². The van der Waals surface area contributed by atoms with E-state index in [1.807, 2.05) is 12.1 Å². The quantitative estimate of drug-likeness (QED) is 0.173. The molecule has 0 aliphatic heterocycles. The van der Waals surface area contributed by atoms with Crippen LogP contribution in [-0.2, 0) is 12.4 Å². The number of aromatic nitrogens is 2. The third-order valence-corrected chi connectivity index (χ3v) is 9.26. The Hall–Kier alpha value is -7.03. The van der Waals surface area contributed by atoms with Crippen LogP contribution in [0, 0.1) is 34.0 Å². The highest BCUT2D eigenvalue weighted by Crippen LogP contribution is 2.46. The van der Waals surface area contributed by atoms with E-state index in [-0.39, 0.29) is 34.1 Å². The lowest BCUT2D eigenvalue weighted by Gasteiger charge is -2.22. The molecule has 0 spiro atoms.